The van der Waals surface area contributed by atoms with Crippen LogP contribution < -0.4 is 4.90 Å². The lowest BCUT2D eigenvalue weighted by molar-refractivity contribution is 0.0158. The third kappa shape index (κ3) is 4.30. The summed E-state index contributed by atoms with van der Waals surface area (Å²) in [7, 11) is 0. The number of aromatic carboxylic acids is 1. The van der Waals surface area contributed by atoms with E-state index in [1.54, 1.807) is 4.90 Å². The number of ether oxygens (including phenoxy) is 1. The summed E-state index contributed by atoms with van der Waals surface area (Å²) in [5.41, 5.74) is -0.474. The monoisotopic (exact) mass is 322 g/mol. The zero-order chi connectivity index (χ0) is 17.2. The topological polar surface area (TPSA) is 95.9 Å². The lowest BCUT2D eigenvalue weighted by Crippen LogP contribution is -2.55. The van der Waals surface area contributed by atoms with Gasteiger partial charge in [0.05, 0.1) is 5.56 Å². The number of amides is 1. The highest BCUT2D eigenvalue weighted by molar-refractivity contribution is 5.86. The second-order valence-corrected chi connectivity index (χ2v) is 6.55. The van der Waals surface area contributed by atoms with Gasteiger partial charge in [-0.3, -0.25) is 0 Å². The molecule has 0 saturated carbocycles. The molecule has 0 aromatic carbocycles. The van der Waals surface area contributed by atoms with Crippen molar-refractivity contribution >= 4 is 18.0 Å². The molecular weight excluding hydrogens is 300 g/mol. The number of nitrogens with zero attached hydrogens (tertiary/aromatic N) is 4. The van der Waals surface area contributed by atoms with Gasteiger partial charge in [0.15, 0.2) is 0 Å². The summed E-state index contributed by atoms with van der Waals surface area (Å²) in [5.74, 6) is -0.592. The van der Waals surface area contributed by atoms with Gasteiger partial charge in [-0.2, -0.15) is 0 Å². The van der Waals surface area contributed by atoms with E-state index in [0.29, 0.717) is 25.6 Å². The van der Waals surface area contributed by atoms with Crippen molar-refractivity contribution in [1.82, 2.24) is 14.9 Å². The molecule has 23 heavy (non-hydrogen) atoms. The Balaban J connectivity index is 2.00. The van der Waals surface area contributed by atoms with Gasteiger partial charge in [-0.05, 0) is 27.7 Å². The number of anilines is 1. The predicted octanol–water partition coefficient (Wildman–Crippen LogP) is 1.62. The van der Waals surface area contributed by atoms with Gasteiger partial charge in [0.1, 0.15) is 5.60 Å². The van der Waals surface area contributed by atoms with Crippen molar-refractivity contribution in [2.24, 2.45) is 0 Å². The maximum absolute atomic E-state index is 12.2. The van der Waals surface area contributed by atoms with Crippen LogP contribution in [0.4, 0.5) is 10.7 Å². The fraction of sp³-hybridized carbons (Fsp3) is 0.600. The molecule has 8 nitrogen and oxygen atoms in total. The number of hydrogen-bond donors (Lipinski definition) is 1. The maximum Gasteiger partial charge on any atom is 0.410 e. The number of aromatic nitrogens is 2. The van der Waals surface area contributed by atoms with E-state index in [-0.39, 0.29) is 17.7 Å². The van der Waals surface area contributed by atoms with Crippen LogP contribution >= 0.6 is 0 Å². The third-order valence-electron chi connectivity index (χ3n) is 3.42. The molecule has 8 heteroatoms. The molecule has 1 fully saturated rings. The van der Waals surface area contributed by atoms with E-state index in [1.165, 1.54) is 12.4 Å². The van der Waals surface area contributed by atoms with Crippen molar-refractivity contribution in [3.05, 3.63) is 18.0 Å². The molecule has 1 unspecified atom stereocenters. The summed E-state index contributed by atoms with van der Waals surface area (Å²) < 4.78 is 5.40. The fourth-order valence-electron chi connectivity index (χ4n) is 2.33. The predicted molar refractivity (Wildman–Crippen MR) is 83.6 cm³/mol. The van der Waals surface area contributed by atoms with Crippen LogP contribution in [0.5, 0.6) is 0 Å². The van der Waals surface area contributed by atoms with Crippen LogP contribution in [-0.4, -0.2) is 63.3 Å². The highest BCUT2D eigenvalue weighted by Crippen LogP contribution is 2.18. The Bertz CT molecular complexity index is 582. The van der Waals surface area contributed by atoms with Gasteiger partial charge in [0.2, 0.25) is 5.95 Å². The Morgan fingerprint density at radius 2 is 1.87 bits per heavy atom. The Hall–Kier alpha value is -2.38. The Morgan fingerprint density at radius 3 is 2.35 bits per heavy atom. The minimum atomic E-state index is -1.06. The summed E-state index contributed by atoms with van der Waals surface area (Å²) in [6, 6.07) is -0.0543. The second kappa shape index (κ2) is 6.39. The molecule has 0 bridgehead atoms. The summed E-state index contributed by atoms with van der Waals surface area (Å²) in [6.45, 7) is 9.07. The minimum Gasteiger partial charge on any atom is -0.478 e. The first kappa shape index (κ1) is 17.0. The lowest BCUT2D eigenvalue weighted by Gasteiger charge is -2.40. The molecule has 1 atom stereocenters. The van der Waals surface area contributed by atoms with E-state index in [9.17, 15) is 9.59 Å². The zero-order valence-corrected chi connectivity index (χ0v) is 13.8. The molecule has 2 rings (SSSR count). The number of hydrogen-bond acceptors (Lipinski definition) is 6. The van der Waals surface area contributed by atoms with Crippen molar-refractivity contribution in [3.63, 3.8) is 0 Å². The SMILES string of the molecule is CC1CN(c2ncc(C(=O)O)cn2)CCN1C(=O)OC(C)(C)C. The number of carboxylic acid groups (broad SMARTS) is 1. The van der Waals surface area contributed by atoms with Crippen LogP contribution in [0.1, 0.15) is 38.1 Å². The van der Waals surface area contributed by atoms with Crippen molar-refractivity contribution in [2.75, 3.05) is 24.5 Å². The zero-order valence-electron chi connectivity index (χ0n) is 13.8. The molecule has 1 saturated heterocycles. The molecule has 1 aromatic rings. The standard InChI is InChI=1S/C15H22N4O4/c1-10-9-18(13-16-7-11(8-17-13)12(20)21)5-6-19(10)14(22)23-15(2,3)4/h7-8,10H,5-6,9H2,1-4H3,(H,20,21). The highest BCUT2D eigenvalue weighted by Gasteiger charge is 2.31. The number of rotatable bonds is 2. The lowest BCUT2D eigenvalue weighted by atomic mass is 10.2. The van der Waals surface area contributed by atoms with E-state index < -0.39 is 11.6 Å². The van der Waals surface area contributed by atoms with E-state index in [2.05, 4.69) is 9.97 Å². The van der Waals surface area contributed by atoms with Crippen LogP contribution in [-0.2, 0) is 4.74 Å². The fourth-order valence-corrected chi connectivity index (χ4v) is 2.33. The number of piperazine rings is 1. The normalized spacial score (nSPS) is 18.7. The van der Waals surface area contributed by atoms with Crippen LogP contribution in [0.25, 0.3) is 0 Å². The quantitative estimate of drug-likeness (QED) is 0.883. The molecule has 0 spiro atoms. The van der Waals surface area contributed by atoms with E-state index in [1.807, 2.05) is 32.6 Å². The van der Waals surface area contributed by atoms with Crippen LogP contribution in [0.15, 0.2) is 12.4 Å². The van der Waals surface area contributed by atoms with Crippen molar-refractivity contribution in [3.8, 4) is 0 Å². The Morgan fingerprint density at radius 1 is 1.26 bits per heavy atom. The first-order chi connectivity index (χ1) is 10.7. The summed E-state index contributed by atoms with van der Waals surface area (Å²) >= 11 is 0. The minimum absolute atomic E-state index is 0.0502. The van der Waals surface area contributed by atoms with Crippen molar-refractivity contribution < 1.29 is 19.4 Å². The van der Waals surface area contributed by atoms with E-state index >= 15 is 0 Å². The van der Waals surface area contributed by atoms with Crippen LogP contribution in [0.3, 0.4) is 0 Å². The molecule has 1 aliphatic rings. The Labute approximate surface area is 135 Å². The van der Waals surface area contributed by atoms with Crippen LogP contribution in [0, 0.1) is 0 Å². The number of carboxylic acids is 1. The summed E-state index contributed by atoms with van der Waals surface area (Å²) in [5, 5.41) is 8.87. The third-order valence-corrected chi connectivity index (χ3v) is 3.42. The average molecular weight is 322 g/mol. The van der Waals surface area contributed by atoms with Crippen molar-refractivity contribution in [2.45, 2.75) is 39.3 Å². The van der Waals surface area contributed by atoms with Gasteiger partial charge in [-0.1, -0.05) is 0 Å². The van der Waals surface area contributed by atoms with E-state index in [0.717, 1.165) is 0 Å². The first-order valence-corrected chi connectivity index (χ1v) is 7.47. The molecule has 1 N–H and O–H groups in total. The Kier molecular flexibility index (Phi) is 4.72. The highest BCUT2D eigenvalue weighted by atomic mass is 16.6. The molecule has 0 radical (unpaired) electrons. The molecule has 126 valence electrons. The maximum atomic E-state index is 12.2. The first-order valence-electron chi connectivity index (χ1n) is 7.47. The number of carbonyl (C=O) groups is 2. The summed E-state index contributed by atoms with van der Waals surface area (Å²) in [4.78, 5) is 34.8. The van der Waals surface area contributed by atoms with Crippen LogP contribution in [0.2, 0.25) is 0 Å². The number of carbonyl (C=O) groups excluding carboxylic acids is 1. The van der Waals surface area contributed by atoms with Gasteiger partial charge in [0.25, 0.3) is 0 Å². The van der Waals surface area contributed by atoms with Gasteiger partial charge >= 0.3 is 12.1 Å². The largest absolute Gasteiger partial charge is 0.478 e. The molecule has 1 amide bonds. The summed E-state index contributed by atoms with van der Waals surface area (Å²) in [6.07, 6.45) is 2.25. The second-order valence-electron chi connectivity index (χ2n) is 6.55. The van der Waals surface area contributed by atoms with Gasteiger partial charge < -0.3 is 19.6 Å². The molecular formula is C15H22N4O4. The van der Waals surface area contributed by atoms with Gasteiger partial charge in [-0.25, -0.2) is 19.6 Å². The molecule has 1 aromatic heterocycles. The molecule has 2 heterocycles. The average Bonchev–Trinajstić information content (AvgIpc) is 2.45. The van der Waals surface area contributed by atoms with E-state index in [4.69, 9.17) is 9.84 Å². The van der Waals surface area contributed by atoms with Gasteiger partial charge in [0, 0.05) is 38.1 Å². The smallest absolute Gasteiger partial charge is 0.410 e. The van der Waals surface area contributed by atoms with Crippen molar-refractivity contribution in [1.29, 1.82) is 0 Å². The molecule has 0 aliphatic carbocycles. The molecule has 1 aliphatic heterocycles. The van der Waals surface area contributed by atoms with Gasteiger partial charge in [-0.15, -0.1) is 0 Å².